The molecule has 0 atom stereocenters. The van der Waals surface area contributed by atoms with E-state index in [2.05, 4.69) is 20.9 Å². The Balaban J connectivity index is 0.00000484. The summed E-state index contributed by atoms with van der Waals surface area (Å²) < 4.78 is 36.2. The molecule has 5 nitrogen and oxygen atoms in total. The van der Waals surface area contributed by atoms with Crippen molar-refractivity contribution in [2.75, 3.05) is 26.2 Å². The zero-order chi connectivity index (χ0) is 16.4. The minimum atomic E-state index is -4.17. The van der Waals surface area contributed by atoms with Crippen LogP contribution in [0, 0.1) is 5.92 Å². The number of carbonyl (C=O) groups excluding carboxylic acids is 1. The number of alkyl halides is 3. The molecule has 0 aromatic heterocycles. The maximum Gasteiger partial charge on any atom is 0.390 e. The second kappa shape index (κ2) is 11.7. The van der Waals surface area contributed by atoms with Crippen LogP contribution in [0.4, 0.5) is 13.2 Å². The van der Waals surface area contributed by atoms with Gasteiger partial charge in [0, 0.05) is 32.1 Å². The lowest BCUT2D eigenvalue weighted by molar-refractivity contribution is -0.133. The molecule has 1 aliphatic rings. The fraction of sp³-hybridized carbons (Fsp3) is 0.857. The topological polar surface area (TPSA) is 65.5 Å². The van der Waals surface area contributed by atoms with E-state index in [1.54, 1.807) is 0 Å². The highest BCUT2D eigenvalue weighted by Crippen LogP contribution is 2.26. The Morgan fingerprint density at radius 3 is 2.39 bits per heavy atom. The third-order valence-corrected chi connectivity index (χ3v) is 3.43. The molecule has 0 unspecified atom stereocenters. The molecule has 3 N–H and O–H groups in total. The van der Waals surface area contributed by atoms with Crippen molar-refractivity contribution in [3.8, 4) is 0 Å². The van der Waals surface area contributed by atoms with Gasteiger partial charge < -0.3 is 16.0 Å². The standard InChI is InChI=1S/C14H25F3N4O.HI/c1-2-18-13(21-10-7-14(15,16)17)20-9-4-8-19-12(22)11-5-3-6-11;/h11H,2-10H2,1H3,(H,19,22)(H2,18,20,21);1H. The van der Waals surface area contributed by atoms with Gasteiger partial charge in [-0.25, -0.2) is 0 Å². The zero-order valence-corrected chi connectivity index (χ0v) is 15.7. The molecular formula is C14H26F3IN4O. The lowest BCUT2D eigenvalue weighted by atomic mass is 9.85. The van der Waals surface area contributed by atoms with E-state index in [1.165, 1.54) is 0 Å². The Labute approximate surface area is 152 Å². The zero-order valence-electron chi connectivity index (χ0n) is 13.3. The molecule has 1 fully saturated rings. The number of nitrogens with zero attached hydrogens (tertiary/aromatic N) is 1. The summed E-state index contributed by atoms with van der Waals surface area (Å²) in [5.74, 6) is 0.646. The number of rotatable bonds is 8. The maximum atomic E-state index is 12.1. The van der Waals surface area contributed by atoms with Crippen LogP contribution >= 0.6 is 24.0 Å². The molecule has 23 heavy (non-hydrogen) atoms. The quantitative estimate of drug-likeness (QED) is 0.230. The first-order chi connectivity index (χ1) is 10.4. The third kappa shape index (κ3) is 10.6. The van der Waals surface area contributed by atoms with Crippen LogP contribution in [-0.2, 0) is 4.79 Å². The molecule has 1 saturated carbocycles. The summed E-state index contributed by atoms with van der Waals surface area (Å²) in [6, 6.07) is 0. The summed E-state index contributed by atoms with van der Waals surface area (Å²) in [7, 11) is 0. The van der Waals surface area contributed by atoms with Gasteiger partial charge >= 0.3 is 6.18 Å². The van der Waals surface area contributed by atoms with Crippen molar-refractivity contribution in [1.82, 2.24) is 16.0 Å². The number of halogens is 4. The van der Waals surface area contributed by atoms with Crippen LogP contribution in [0.25, 0.3) is 0 Å². The average molecular weight is 450 g/mol. The largest absolute Gasteiger partial charge is 0.390 e. The molecule has 136 valence electrons. The minimum Gasteiger partial charge on any atom is -0.357 e. The van der Waals surface area contributed by atoms with E-state index in [0.717, 1.165) is 19.3 Å². The minimum absolute atomic E-state index is 0. The first-order valence-corrected chi connectivity index (χ1v) is 7.79. The normalized spacial score (nSPS) is 15.4. The van der Waals surface area contributed by atoms with Crippen LogP contribution in [0.2, 0.25) is 0 Å². The molecule has 0 spiro atoms. The van der Waals surface area contributed by atoms with Crippen molar-refractivity contribution >= 4 is 35.8 Å². The van der Waals surface area contributed by atoms with Gasteiger partial charge in [0.1, 0.15) is 0 Å². The van der Waals surface area contributed by atoms with Crippen LogP contribution in [0.3, 0.4) is 0 Å². The highest BCUT2D eigenvalue weighted by molar-refractivity contribution is 14.0. The van der Waals surface area contributed by atoms with E-state index in [-0.39, 0.29) is 42.3 Å². The van der Waals surface area contributed by atoms with Gasteiger partial charge in [-0.2, -0.15) is 13.2 Å². The van der Waals surface area contributed by atoms with Gasteiger partial charge in [0.15, 0.2) is 5.96 Å². The van der Waals surface area contributed by atoms with Crippen molar-refractivity contribution < 1.29 is 18.0 Å². The molecule has 1 rings (SSSR count). The average Bonchev–Trinajstić information content (AvgIpc) is 2.34. The fourth-order valence-corrected chi connectivity index (χ4v) is 1.96. The molecule has 1 amide bonds. The Bertz CT molecular complexity index is 374. The first kappa shape index (κ1) is 22.3. The van der Waals surface area contributed by atoms with Gasteiger partial charge in [0.05, 0.1) is 6.42 Å². The monoisotopic (exact) mass is 450 g/mol. The Hall–Kier alpha value is -0.740. The van der Waals surface area contributed by atoms with Gasteiger partial charge in [-0.1, -0.05) is 6.42 Å². The van der Waals surface area contributed by atoms with Crippen molar-refractivity contribution in [2.24, 2.45) is 10.9 Å². The summed E-state index contributed by atoms with van der Waals surface area (Å²) in [4.78, 5) is 15.8. The van der Waals surface area contributed by atoms with Gasteiger partial charge in [-0.15, -0.1) is 24.0 Å². The molecule has 0 radical (unpaired) electrons. The number of hydrogen-bond acceptors (Lipinski definition) is 2. The molecule has 0 aromatic carbocycles. The molecule has 0 bridgehead atoms. The number of guanidine groups is 1. The highest BCUT2D eigenvalue weighted by atomic mass is 127. The first-order valence-electron chi connectivity index (χ1n) is 7.79. The van der Waals surface area contributed by atoms with Gasteiger partial charge in [0.2, 0.25) is 5.91 Å². The SMILES string of the molecule is CCNC(=NCCCNC(=O)C1CCC1)NCCC(F)(F)F.I. The van der Waals surface area contributed by atoms with Crippen LogP contribution in [-0.4, -0.2) is 44.2 Å². The molecular weight excluding hydrogens is 424 g/mol. The molecule has 9 heteroatoms. The molecule has 0 saturated heterocycles. The summed E-state index contributed by atoms with van der Waals surface area (Å²) in [6.45, 7) is 3.22. The second-order valence-electron chi connectivity index (χ2n) is 5.33. The number of hydrogen-bond donors (Lipinski definition) is 3. The predicted octanol–water partition coefficient (Wildman–Crippen LogP) is 2.42. The molecule has 1 aliphatic carbocycles. The molecule has 0 heterocycles. The van der Waals surface area contributed by atoms with Crippen molar-refractivity contribution in [2.45, 2.75) is 45.2 Å². The van der Waals surface area contributed by atoms with Crippen LogP contribution in [0.5, 0.6) is 0 Å². The summed E-state index contributed by atoms with van der Waals surface area (Å²) in [5, 5.41) is 8.39. The smallest absolute Gasteiger partial charge is 0.357 e. The third-order valence-electron chi connectivity index (χ3n) is 3.43. The van der Waals surface area contributed by atoms with Gasteiger partial charge in [-0.3, -0.25) is 9.79 Å². The number of carbonyl (C=O) groups is 1. The van der Waals surface area contributed by atoms with Crippen LogP contribution in [0.15, 0.2) is 4.99 Å². The lowest BCUT2D eigenvalue weighted by Crippen LogP contribution is -2.39. The molecule has 0 aromatic rings. The molecule has 0 aliphatic heterocycles. The van der Waals surface area contributed by atoms with Gasteiger partial charge in [0.25, 0.3) is 0 Å². The Morgan fingerprint density at radius 1 is 1.17 bits per heavy atom. The second-order valence-corrected chi connectivity index (χ2v) is 5.33. The Morgan fingerprint density at radius 2 is 1.87 bits per heavy atom. The number of aliphatic imine (C=N–C) groups is 1. The van der Waals surface area contributed by atoms with E-state index in [9.17, 15) is 18.0 Å². The van der Waals surface area contributed by atoms with E-state index < -0.39 is 12.6 Å². The summed E-state index contributed by atoms with van der Waals surface area (Å²) in [5.41, 5.74) is 0. The highest BCUT2D eigenvalue weighted by Gasteiger charge is 2.26. The summed E-state index contributed by atoms with van der Waals surface area (Å²) >= 11 is 0. The van der Waals surface area contributed by atoms with E-state index in [1.807, 2.05) is 6.92 Å². The van der Waals surface area contributed by atoms with E-state index in [4.69, 9.17) is 0 Å². The van der Waals surface area contributed by atoms with Crippen LogP contribution < -0.4 is 16.0 Å². The fourth-order valence-electron chi connectivity index (χ4n) is 1.96. The maximum absolute atomic E-state index is 12.1. The predicted molar refractivity (Wildman–Crippen MR) is 95.0 cm³/mol. The van der Waals surface area contributed by atoms with E-state index >= 15 is 0 Å². The van der Waals surface area contributed by atoms with E-state index in [0.29, 0.717) is 32.0 Å². The van der Waals surface area contributed by atoms with Gasteiger partial charge in [-0.05, 0) is 26.2 Å². The number of nitrogens with one attached hydrogen (secondary N) is 3. The summed E-state index contributed by atoms with van der Waals surface area (Å²) in [6.07, 6.45) is -1.34. The number of amides is 1. The van der Waals surface area contributed by atoms with Crippen molar-refractivity contribution in [3.63, 3.8) is 0 Å². The Kier molecular flexibility index (Phi) is 11.4. The van der Waals surface area contributed by atoms with Crippen molar-refractivity contribution in [1.29, 1.82) is 0 Å². The lowest BCUT2D eigenvalue weighted by Gasteiger charge is -2.23. The van der Waals surface area contributed by atoms with Crippen molar-refractivity contribution in [3.05, 3.63) is 0 Å². The van der Waals surface area contributed by atoms with Crippen LogP contribution in [0.1, 0.15) is 39.0 Å².